The van der Waals surface area contributed by atoms with Crippen LogP contribution in [-0.4, -0.2) is 28.2 Å². The fourth-order valence-electron chi connectivity index (χ4n) is 1.24. The van der Waals surface area contributed by atoms with Gasteiger partial charge in [-0.3, -0.25) is 10.1 Å². The van der Waals surface area contributed by atoms with Crippen molar-refractivity contribution in [3.05, 3.63) is 33.3 Å². The van der Waals surface area contributed by atoms with Crippen molar-refractivity contribution in [3.63, 3.8) is 0 Å². The summed E-state index contributed by atoms with van der Waals surface area (Å²) in [4.78, 5) is 21.7. The minimum absolute atomic E-state index is 0.00773. The monoisotopic (exact) mass is 287 g/mol. The Morgan fingerprint density at radius 3 is 2.68 bits per heavy atom. The van der Waals surface area contributed by atoms with Crippen LogP contribution in [-0.2, 0) is 0 Å². The Kier molecular flexibility index (Phi) is 4.68. The third-order valence-corrected chi connectivity index (χ3v) is 2.57. The molecule has 0 bridgehead atoms. The van der Waals surface area contributed by atoms with Gasteiger partial charge in [-0.15, -0.1) is 0 Å². The molecule has 2 amide bonds. The number of nitrogens with one attached hydrogen (secondary N) is 2. The highest BCUT2D eigenvalue weighted by Crippen LogP contribution is 2.27. The molecule has 0 radical (unpaired) electrons. The van der Waals surface area contributed by atoms with E-state index >= 15 is 0 Å². The molecule has 0 aliphatic heterocycles. The van der Waals surface area contributed by atoms with Crippen molar-refractivity contribution >= 4 is 29.0 Å². The van der Waals surface area contributed by atoms with Crippen molar-refractivity contribution in [2.24, 2.45) is 0 Å². The summed E-state index contributed by atoms with van der Waals surface area (Å²) in [5, 5.41) is 24.6. The van der Waals surface area contributed by atoms with E-state index in [4.69, 9.17) is 16.7 Å². The minimum atomic E-state index is -0.789. The van der Waals surface area contributed by atoms with Crippen molar-refractivity contribution in [3.8, 4) is 0 Å². The van der Waals surface area contributed by atoms with Gasteiger partial charge in [0.2, 0.25) is 0 Å². The number of nitrogens with zero attached hydrogens (tertiary/aromatic N) is 1. The Hall–Kier alpha value is -1.86. The van der Waals surface area contributed by atoms with Crippen LogP contribution < -0.4 is 10.6 Å². The minimum Gasteiger partial charge on any atom is -0.394 e. The maximum Gasteiger partial charge on any atom is 0.319 e. The van der Waals surface area contributed by atoms with Gasteiger partial charge < -0.3 is 15.7 Å². The average molecular weight is 288 g/mol. The molecule has 0 unspecified atom stereocenters. The largest absolute Gasteiger partial charge is 0.394 e. The second-order valence-electron chi connectivity index (χ2n) is 4.54. The molecule has 0 saturated carbocycles. The third kappa shape index (κ3) is 4.38. The van der Waals surface area contributed by atoms with Crippen molar-refractivity contribution in [2.75, 3.05) is 11.9 Å². The van der Waals surface area contributed by atoms with E-state index < -0.39 is 16.5 Å². The summed E-state index contributed by atoms with van der Waals surface area (Å²) in [5.41, 5.74) is -0.842. The Labute approximate surface area is 114 Å². The van der Waals surface area contributed by atoms with Crippen LogP contribution in [0.15, 0.2) is 18.2 Å². The van der Waals surface area contributed by atoms with E-state index in [1.54, 1.807) is 13.8 Å². The number of rotatable bonds is 4. The number of hydrogen-bond acceptors (Lipinski definition) is 4. The van der Waals surface area contributed by atoms with Crippen LogP contribution in [0, 0.1) is 10.1 Å². The number of halogens is 1. The second-order valence-corrected chi connectivity index (χ2v) is 4.95. The van der Waals surface area contributed by atoms with E-state index in [1.807, 2.05) is 0 Å². The first-order valence-electron chi connectivity index (χ1n) is 5.39. The predicted octanol–water partition coefficient (Wildman–Crippen LogP) is 2.14. The SMILES string of the molecule is CC(C)(CO)NC(=O)Nc1ccc(Cl)c([N+](=O)[O-])c1. The highest BCUT2D eigenvalue weighted by molar-refractivity contribution is 6.32. The Bertz CT molecular complexity index is 505. The second kappa shape index (κ2) is 5.85. The van der Waals surface area contributed by atoms with Crippen LogP contribution >= 0.6 is 11.6 Å². The number of hydrogen-bond donors (Lipinski definition) is 3. The van der Waals surface area contributed by atoms with Gasteiger partial charge in [-0.1, -0.05) is 11.6 Å². The number of anilines is 1. The Morgan fingerprint density at radius 1 is 1.53 bits per heavy atom. The predicted molar refractivity (Wildman–Crippen MR) is 71.4 cm³/mol. The maximum absolute atomic E-state index is 11.6. The van der Waals surface area contributed by atoms with E-state index in [0.717, 1.165) is 6.07 Å². The Balaban J connectivity index is 2.81. The first-order chi connectivity index (χ1) is 8.75. The van der Waals surface area contributed by atoms with Gasteiger partial charge in [0.05, 0.1) is 17.1 Å². The summed E-state index contributed by atoms with van der Waals surface area (Å²) in [7, 11) is 0. The molecule has 8 heteroatoms. The maximum atomic E-state index is 11.6. The smallest absolute Gasteiger partial charge is 0.319 e. The lowest BCUT2D eigenvalue weighted by atomic mass is 10.1. The van der Waals surface area contributed by atoms with Crippen molar-refractivity contribution < 1.29 is 14.8 Å². The summed E-state index contributed by atoms with van der Waals surface area (Å²) in [5.74, 6) is 0. The standard InChI is InChI=1S/C11H14ClN3O4/c1-11(2,6-16)14-10(17)13-7-3-4-8(12)9(5-7)15(18)19/h3-5,16H,6H2,1-2H3,(H2,13,14,17). The van der Waals surface area contributed by atoms with Gasteiger partial charge in [-0.05, 0) is 26.0 Å². The van der Waals surface area contributed by atoms with E-state index in [-0.39, 0.29) is 23.0 Å². The normalized spacial score (nSPS) is 10.9. The number of nitro groups is 1. The van der Waals surface area contributed by atoms with Crippen LogP contribution in [0.5, 0.6) is 0 Å². The number of aliphatic hydroxyl groups excluding tert-OH is 1. The zero-order valence-corrected chi connectivity index (χ0v) is 11.2. The molecule has 1 aromatic rings. The van der Waals surface area contributed by atoms with E-state index in [9.17, 15) is 14.9 Å². The lowest BCUT2D eigenvalue weighted by Gasteiger charge is -2.23. The number of carbonyl (C=O) groups is 1. The van der Waals surface area contributed by atoms with Crippen LogP contribution in [0.4, 0.5) is 16.2 Å². The van der Waals surface area contributed by atoms with Gasteiger partial charge in [0.25, 0.3) is 5.69 Å². The molecule has 0 heterocycles. The van der Waals surface area contributed by atoms with E-state index in [0.29, 0.717) is 0 Å². The van der Waals surface area contributed by atoms with Gasteiger partial charge >= 0.3 is 6.03 Å². The molecule has 1 rings (SSSR count). The molecule has 7 nitrogen and oxygen atoms in total. The molecule has 104 valence electrons. The molecule has 1 aromatic carbocycles. The third-order valence-electron chi connectivity index (χ3n) is 2.25. The van der Waals surface area contributed by atoms with Crippen molar-refractivity contribution in [2.45, 2.75) is 19.4 Å². The van der Waals surface area contributed by atoms with Gasteiger partial charge in [0.1, 0.15) is 5.02 Å². The van der Waals surface area contributed by atoms with Crippen molar-refractivity contribution in [1.29, 1.82) is 0 Å². The summed E-state index contributed by atoms with van der Waals surface area (Å²) in [6, 6.07) is 3.36. The zero-order valence-electron chi connectivity index (χ0n) is 10.4. The number of urea groups is 1. The number of nitro benzene ring substituents is 1. The molecular weight excluding hydrogens is 274 g/mol. The van der Waals surface area contributed by atoms with Gasteiger partial charge in [-0.25, -0.2) is 4.79 Å². The first kappa shape index (κ1) is 15.2. The van der Waals surface area contributed by atoms with Crippen molar-refractivity contribution in [1.82, 2.24) is 5.32 Å². The number of amides is 2. The summed E-state index contributed by atoms with van der Waals surface area (Å²) >= 11 is 5.65. The zero-order chi connectivity index (χ0) is 14.6. The van der Waals surface area contributed by atoms with Crippen LogP contribution in [0.2, 0.25) is 5.02 Å². The Morgan fingerprint density at radius 2 is 2.16 bits per heavy atom. The lowest BCUT2D eigenvalue weighted by Crippen LogP contribution is -2.48. The molecule has 0 atom stereocenters. The molecule has 3 N–H and O–H groups in total. The highest BCUT2D eigenvalue weighted by Gasteiger charge is 2.20. The molecule has 0 aliphatic rings. The topological polar surface area (TPSA) is 104 Å². The molecule has 0 spiro atoms. The molecule has 0 saturated heterocycles. The van der Waals surface area contributed by atoms with E-state index in [2.05, 4.69) is 10.6 Å². The number of aliphatic hydroxyl groups is 1. The quantitative estimate of drug-likeness (QED) is 0.583. The molecule has 0 fully saturated rings. The molecule has 0 aromatic heterocycles. The van der Waals surface area contributed by atoms with Crippen LogP contribution in [0.25, 0.3) is 0 Å². The first-order valence-corrected chi connectivity index (χ1v) is 5.77. The van der Waals surface area contributed by atoms with Gasteiger partial charge in [0.15, 0.2) is 0 Å². The highest BCUT2D eigenvalue weighted by atomic mass is 35.5. The van der Waals surface area contributed by atoms with Crippen LogP contribution in [0.3, 0.4) is 0 Å². The fraction of sp³-hybridized carbons (Fsp3) is 0.364. The average Bonchev–Trinajstić information content (AvgIpc) is 2.30. The summed E-state index contributed by atoms with van der Waals surface area (Å²) in [6.45, 7) is 3.04. The van der Waals surface area contributed by atoms with Gasteiger partial charge in [0, 0.05) is 11.8 Å². The summed E-state index contributed by atoms with van der Waals surface area (Å²) in [6.07, 6.45) is 0. The lowest BCUT2D eigenvalue weighted by molar-refractivity contribution is -0.384. The van der Waals surface area contributed by atoms with Gasteiger partial charge in [-0.2, -0.15) is 0 Å². The number of benzene rings is 1. The van der Waals surface area contributed by atoms with E-state index in [1.165, 1.54) is 12.1 Å². The summed E-state index contributed by atoms with van der Waals surface area (Å²) < 4.78 is 0. The molecule has 19 heavy (non-hydrogen) atoms. The molecular formula is C11H14ClN3O4. The number of carbonyl (C=O) groups excluding carboxylic acids is 1. The fourth-order valence-corrected chi connectivity index (χ4v) is 1.43. The van der Waals surface area contributed by atoms with Crippen LogP contribution in [0.1, 0.15) is 13.8 Å². The molecule has 0 aliphatic carbocycles.